The van der Waals surface area contributed by atoms with Crippen molar-refractivity contribution in [2.45, 2.75) is 51.5 Å². The highest BCUT2D eigenvalue weighted by atomic mass is 16.3. The molecule has 0 bridgehead atoms. The van der Waals surface area contributed by atoms with Crippen LogP contribution in [0.3, 0.4) is 0 Å². The van der Waals surface area contributed by atoms with Crippen LogP contribution in [0.4, 0.5) is 0 Å². The molecule has 0 aliphatic heterocycles. The number of nitrogens with one attached hydrogen (secondary N) is 1. The normalized spacial score (nSPS) is 17.9. The number of rotatable bonds is 4. The quantitative estimate of drug-likeness (QED) is 0.871. The van der Waals surface area contributed by atoms with Crippen LogP contribution in [0.25, 0.3) is 0 Å². The summed E-state index contributed by atoms with van der Waals surface area (Å²) < 4.78 is 0. The molecule has 3 heteroatoms. The van der Waals surface area contributed by atoms with Crippen molar-refractivity contribution in [1.29, 1.82) is 0 Å². The van der Waals surface area contributed by atoms with Gasteiger partial charge in [-0.1, -0.05) is 32.1 Å². The summed E-state index contributed by atoms with van der Waals surface area (Å²) in [6, 6.07) is 6.60. The van der Waals surface area contributed by atoms with Crippen LogP contribution in [0.1, 0.15) is 55.8 Å². The molecule has 2 rings (SSSR count). The molecule has 2 N–H and O–H groups in total. The average Bonchev–Trinajstić information content (AvgIpc) is 2.40. The van der Waals surface area contributed by atoms with Crippen LogP contribution in [0.15, 0.2) is 24.3 Å². The molecular formula is C16H23NO2. The van der Waals surface area contributed by atoms with E-state index in [1.807, 2.05) is 0 Å². The van der Waals surface area contributed by atoms with Crippen LogP contribution in [0.2, 0.25) is 0 Å². The molecule has 3 nitrogen and oxygen atoms in total. The van der Waals surface area contributed by atoms with Gasteiger partial charge in [-0.25, -0.2) is 0 Å². The van der Waals surface area contributed by atoms with Crippen molar-refractivity contribution in [1.82, 2.24) is 5.32 Å². The standard InChI is InChI=1S/C16H23NO2/c1-12(11-13-5-3-2-4-6-13)17-16(19)14-7-9-15(18)10-8-14/h7-10,12-13,18H,2-6,11H2,1H3,(H,17,19)/t12-/m0/s1. The molecule has 1 aliphatic rings. The van der Waals surface area contributed by atoms with E-state index < -0.39 is 0 Å². The molecule has 19 heavy (non-hydrogen) atoms. The summed E-state index contributed by atoms with van der Waals surface area (Å²) >= 11 is 0. The summed E-state index contributed by atoms with van der Waals surface area (Å²) in [6.07, 6.45) is 7.72. The van der Waals surface area contributed by atoms with E-state index in [2.05, 4.69) is 12.2 Å². The molecule has 0 radical (unpaired) electrons. The summed E-state index contributed by atoms with van der Waals surface area (Å²) in [5.74, 6) is 0.902. The van der Waals surface area contributed by atoms with E-state index in [4.69, 9.17) is 0 Å². The predicted octanol–water partition coefficient (Wildman–Crippen LogP) is 3.48. The van der Waals surface area contributed by atoms with Gasteiger partial charge >= 0.3 is 0 Å². The van der Waals surface area contributed by atoms with E-state index in [9.17, 15) is 9.90 Å². The van der Waals surface area contributed by atoms with Gasteiger partial charge < -0.3 is 10.4 Å². The van der Waals surface area contributed by atoms with E-state index in [-0.39, 0.29) is 17.7 Å². The zero-order valence-electron chi connectivity index (χ0n) is 11.6. The maximum absolute atomic E-state index is 12.0. The fraction of sp³-hybridized carbons (Fsp3) is 0.562. The Hall–Kier alpha value is -1.51. The van der Waals surface area contributed by atoms with Gasteiger partial charge in [-0.3, -0.25) is 4.79 Å². The minimum Gasteiger partial charge on any atom is -0.508 e. The van der Waals surface area contributed by atoms with Gasteiger partial charge in [-0.05, 0) is 43.5 Å². The summed E-state index contributed by atoms with van der Waals surface area (Å²) in [6.45, 7) is 2.08. The summed E-state index contributed by atoms with van der Waals surface area (Å²) in [5, 5.41) is 12.2. The highest BCUT2D eigenvalue weighted by Crippen LogP contribution is 2.27. The smallest absolute Gasteiger partial charge is 0.251 e. The van der Waals surface area contributed by atoms with E-state index in [1.54, 1.807) is 24.3 Å². The molecule has 0 heterocycles. The fourth-order valence-electron chi connectivity index (χ4n) is 2.90. The molecule has 0 spiro atoms. The SMILES string of the molecule is C[C@@H](CC1CCCCC1)NC(=O)c1ccc(O)cc1. The molecular weight excluding hydrogens is 238 g/mol. The lowest BCUT2D eigenvalue weighted by Gasteiger charge is -2.25. The zero-order chi connectivity index (χ0) is 13.7. The van der Waals surface area contributed by atoms with Crippen molar-refractivity contribution >= 4 is 5.91 Å². The van der Waals surface area contributed by atoms with Crippen molar-refractivity contribution in [3.8, 4) is 5.75 Å². The topological polar surface area (TPSA) is 49.3 Å². The number of phenols is 1. The molecule has 0 saturated heterocycles. The number of aromatic hydroxyl groups is 1. The lowest BCUT2D eigenvalue weighted by Crippen LogP contribution is -2.34. The maximum Gasteiger partial charge on any atom is 0.251 e. The van der Waals surface area contributed by atoms with Crippen LogP contribution >= 0.6 is 0 Å². The Morgan fingerprint density at radius 1 is 1.26 bits per heavy atom. The second-order valence-corrected chi connectivity index (χ2v) is 5.66. The van der Waals surface area contributed by atoms with Gasteiger partial charge in [-0.2, -0.15) is 0 Å². The van der Waals surface area contributed by atoms with Crippen LogP contribution in [-0.4, -0.2) is 17.1 Å². The third-order valence-corrected chi connectivity index (χ3v) is 3.92. The van der Waals surface area contributed by atoms with Crippen molar-refractivity contribution in [2.75, 3.05) is 0 Å². The van der Waals surface area contributed by atoms with E-state index in [1.165, 1.54) is 32.1 Å². The number of benzene rings is 1. The van der Waals surface area contributed by atoms with Gasteiger partial charge in [0.1, 0.15) is 5.75 Å². The molecule has 1 fully saturated rings. The van der Waals surface area contributed by atoms with Crippen molar-refractivity contribution in [3.05, 3.63) is 29.8 Å². The monoisotopic (exact) mass is 261 g/mol. The number of hydrogen-bond donors (Lipinski definition) is 2. The predicted molar refractivity (Wildman–Crippen MR) is 76.2 cm³/mol. The van der Waals surface area contributed by atoms with Gasteiger partial charge in [-0.15, -0.1) is 0 Å². The van der Waals surface area contributed by atoms with Crippen molar-refractivity contribution in [2.24, 2.45) is 5.92 Å². The second kappa shape index (κ2) is 6.60. The van der Waals surface area contributed by atoms with Crippen LogP contribution < -0.4 is 5.32 Å². The Bertz CT molecular complexity index is 407. The third kappa shape index (κ3) is 4.27. The average molecular weight is 261 g/mol. The number of phenolic OH excluding ortho intramolecular Hbond substituents is 1. The highest BCUT2D eigenvalue weighted by molar-refractivity contribution is 5.94. The molecule has 1 aliphatic carbocycles. The lowest BCUT2D eigenvalue weighted by atomic mass is 9.85. The van der Waals surface area contributed by atoms with Gasteiger partial charge in [0, 0.05) is 11.6 Å². The summed E-state index contributed by atoms with van der Waals surface area (Å²) in [4.78, 5) is 12.0. The molecule has 1 amide bonds. The summed E-state index contributed by atoms with van der Waals surface area (Å²) in [5.41, 5.74) is 0.605. The molecule has 1 saturated carbocycles. The first-order valence-corrected chi connectivity index (χ1v) is 7.25. The molecule has 1 aromatic carbocycles. The summed E-state index contributed by atoms with van der Waals surface area (Å²) in [7, 11) is 0. The largest absolute Gasteiger partial charge is 0.508 e. The first-order valence-electron chi connectivity index (χ1n) is 7.25. The van der Waals surface area contributed by atoms with Crippen LogP contribution in [-0.2, 0) is 0 Å². The van der Waals surface area contributed by atoms with Gasteiger partial charge in [0.05, 0.1) is 0 Å². The molecule has 1 aromatic rings. The van der Waals surface area contributed by atoms with Crippen molar-refractivity contribution in [3.63, 3.8) is 0 Å². The van der Waals surface area contributed by atoms with Crippen LogP contribution in [0.5, 0.6) is 5.75 Å². The van der Waals surface area contributed by atoms with Gasteiger partial charge in [0.2, 0.25) is 0 Å². The number of hydrogen-bond acceptors (Lipinski definition) is 2. The Morgan fingerprint density at radius 3 is 2.53 bits per heavy atom. The Balaban J connectivity index is 1.82. The Labute approximate surface area is 115 Å². The maximum atomic E-state index is 12.0. The highest BCUT2D eigenvalue weighted by Gasteiger charge is 2.18. The number of amides is 1. The first kappa shape index (κ1) is 13.9. The third-order valence-electron chi connectivity index (χ3n) is 3.92. The minimum absolute atomic E-state index is 0.0525. The zero-order valence-corrected chi connectivity index (χ0v) is 11.6. The molecule has 0 aromatic heterocycles. The fourth-order valence-corrected chi connectivity index (χ4v) is 2.90. The number of carbonyl (C=O) groups is 1. The first-order chi connectivity index (χ1) is 9.15. The molecule has 0 unspecified atom stereocenters. The lowest BCUT2D eigenvalue weighted by molar-refractivity contribution is 0.0933. The van der Waals surface area contributed by atoms with Crippen LogP contribution in [0, 0.1) is 5.92 Å². The Kier molecular flexibility index (Phi) is 4.83. The Morgan fingerprint density at radius 2 is 1.89 bits per heavy atom. The number of carbonyl (C=O) groups excluding carboxylic acids is 1. The van der Waals surface area contributed by atoms with Gasteiger partial charge in [0.25, 0.3) is 5.91 Å². The second-order valence-electron chi connectivity index (χ2n) is 5.66. The van der Waals surface area contributed by atoms with Crippen molar-refractivity contribution < 1.29 is 9.90 Å². The van der Waals surface area contributed by atoms with Gasteiger partial charge in [0.15, 0.2) is 0 Å². The molecule has 1 atom stereocenters. The van der Waals surface area contributed by atoms with E-state index >= 15 is 0 Å². The molecule has 104 valence electrons. The minimum atomic E-state index is -0.0525. The van der Waals surface area contributed by atoms with E-state index in [0.717, 1.165) is 12.3 Å². The van der Waals surface area contributed by atoms with E-state index in [0.29, 0.717) is 5.56 Å².